The van der Waals surface area contributed by atoms with Crippen molar-refractivity contribution < 1.29 is 12.8 Å². The first kappa shape index (κ1) is 14.9. The number of halogens is 1. The van der Waals surface area contributed by atoms with Gasteiger partial charge in [-0.15, -0.1) is 0 Å². The standard InChI is InChI=1S/C14H20FN3O2S/c15-12-2-1-3-14(10-12)21(19,20)18-8-6-17(7-9-18)13-4-5-16-11-13/h1-3,10,13,16H,4-9,11H2. The van der Waals surface area contributed by atoms with Crippen molar-refractivity contribution in [2.45, 2.75) is 17.4 Å². The fraction of sp³-hybridized carbons (Fsp3) is 0.571. The number of nitrogens with zero attached hydrogens (tertiary/aromatic N) is 2. The van der Waals surface area contributed by atoms with E-state index in [0.29, 0.717) is 19.1 Å². The van der Waals surface area contributed by atoms with Gasteiger partial charge in [0.1, 0.15) is 5.82 Å². The van der Waals surface area contributed by atoms with Crippen molar-refractivity contribution in [1.82, 2.24) is 14.5 Å². The van der Waals surface area contributed by atoms with Gasteiger partial charge in [0, 0.05) is 38.8 Å². The highest BCUT2D eigenvalue weighted by molar-refractivity contribution is 7.89. The molecule has 0 aliphatic carbocycles. The molecule has 0 radical (unpaired) electrons. The number of piperazine rings is 1. The van der Waals surface area contributed by atoms with Crippen LogP contribution in [0, 0.1) is 5.82 Å². The van der Waals surface area contributed by atoms with E-state index in [1.54, 1.807) is 0 Å². The van der Waals surface area contributed by atoms with Crippen molar-refractivity contribution in [3.63, 3.8) is 0 Å². The van der Waals surface area contributed by atoms with Gasteiger partial charge in [0.05, 0.1) is 4.90 Å². The number of hydrogen-bond donors (Lipinski definition) is 1. The number of nitrogens with one attached hydrogen (secondary N) is 1. The van der Waals surface area contributed by atoms with Crippen molar-refractivity contribution in [2.75, 3.05) is 39.3 Å². The molecule has 1 aromatic carbocycles. The molecular formula is C14H20FN3O2S. The Bertz CT molecular complexity index is 594. The zero-order valence-corrected chi connectivity index (χ0v) is 12.7. The lowest BCUT2D eigenvalue weighted by atomic mass is 10.2. The summed E-state index contributed by atoms with van der Waals surface area (Å²) in [7, 11) is -3.58. The minimum atomic E-state index is -3.58. The molecule has 0 amide bonds. The second-order valence-corrected chi connectivity index (χ2v) is 7.48. The van der Waals surface area contributed by atoms with Gasteiger partial charge in [-0.3, -0.25) is 4.90 Å². The van der Waals surface area contributed by atoms with Crippen LogP contribution in [0.3, 0.4) is 0 Å². The normalized spacial score (nSPS) is 25.3. The molecule has 1 unspecified atom stereocenters. The van der Waals surface area contributed by atoms with E-state index in [9.17, 15) is 12.8 Å². The number of sulfonamides is 1. The molecule has 0 bridgehead atoms. The van der Waals surface area contributed by atoms with Crippen molar-refractivity contribution in [3.8, 4) is 0 Å². The molecule has 1 aromatic rings. The molecular weight excluding hydrogens is 293 g/mol. The predicted molar refractivity (Wildman–Crippen MR) is 78.0 cm³/mol. The van der Waals surface area contributed by atoms with Crippen LogP contribution in [0.15, 0.2) is 29.2 Å². The lowest BCUT2D eigenvalue weighted by molar-refractivity contribution is 0.145. The molecule has 0 spiro atoms. The van der Waals surface area contributed by atoms with Crippen LogP contribution in [0.2, 0.25) is 0 Å². The van der Waals surface area contributed by atoms with E-state index in [2.05, 4.69) is 10.2 Å². The summed E-state index contributed by atoms with van der Waals surface area (Å²) in [5.41, 5.74) is 0. The lowest BCUT2D eigenvalue weighted by Gasteiger charge is -2.37. The largest absolute Gasteiger partial charge is 0.315 e. The van der Waals surface area contributed by atoms with Crippen LogP contribution >= 0.6 is 0 Å². The van der Waals surface area contributed by atoms with Crippen LogP contribution in [-0.4, -0.2) is 62.9 Å². The van der Waals surface area contributed by atoms with Gasteiger partial charge in [-0.1, -0.05) is 6.07 Å². The first-order chi connectivity index (χ1) is 10.1. The van der Waals surface area contributed by atoms with Crippen LogP contribution in [0.25, 0.3) is 0 Å². The molecule has 0 saturated carbocycles. The average molecular weight is 313 g/mol. The first-order valence-corrected chi connectivity index (χ1v) is 8.72. The minimum absolute atomic E-state index is 0.0403. The Balaban J connectivity index is 1.68. The average Bonchev–Trinajstić information content (AvgIpc) is 3.02. The molecule has 5 nitrogen and oxygen atoms in total. The van der Waals surface area contributed by atoms with E-state index < -0.39 is 15.8 Å². The van der Waals surface area contributed by atoms with Crippen LogP contribution < -0.4 is 5.32 Å². The maximum Gasteiger partial charge on any atom is 0.243 e. The predicted octanol–water partition coefficient (Wildman–Crippen LogP) is 0.494. The number of hydrogen-bond acceptors (Lipinski definition) is 4. The van der Waals surface area contributed by atoms with E-state index in [4.69, 9.17) is 0 Å². The second-order valence-electron chi connectivity index (χ2n) is 5.54. The van der Waals surface area contributed by atoms with E-state index in [1.807, 2.05) is 0 Å². The van der Waals surface area contributed by atoms with Gasteiger partial charge in [-0.2, -0.15) is 4.31 Å². The summed E-state index contributed by atoms with van der Waals surface area (Å²) in [5, 5.41) is 3.33. The Hall–Kier alpha value is -1.02. The summed E-state index contributed by atoms with van der Waals surface area (Å²) in [4.78, 5) is 2.39. The van der Waals surface area contributed by atoms with E-state index in [0.717, 1.165) is 38.7 Å². The topological polar surface area (TPSA) is 52.7 Å². The molecule has 2 fully saturated rings. The summed E-state index contributed by atoms with van der Waals surface area (Å²) < 4.78 is 39.7. The van der Waals surface area contributed by atoms with Gasteiger partial charge in [0.15, 0.2) is 0 Å². The quantitative estimate of drug-likeness (QED) is 0.883. The summed E-state index contributed by atoms with van der Waals surface area (Å²) >= 11 is 0. The third-order valence-corrected chi connectivity index (χ3v) is 6.15. The molecule has 2 heterocycles. The highest BCUT2D eigenvalue weighted by Gasteiger charge is 2.31. The summed E-state index contributed by atoms with van der Waals surface area (Å²) in [6.45, 7) is 4.43. The smallest absolute Gasteiger partial charge is 0.243 e. The van der Waals surface area contributed by atoms with Crippen LogP contribution in [-0.2, 0) is 10.0 Å². The number of rotatable bonds is 3. The minimum Gasteiger partial charge on any atom is -0.315 e. The Morgan fingerprint density at radius 2 is 1.95 bits per heavy atom. The molecule has 2 saturated heterocycles. The SMILES string of the molecule is O=S(=O)(c1cccc(F)c1)N1CCN(C2CCNC2)CC1. The maximum atomic E-state index is 13.2. The highest BCUT2D eigenvalue weighted by atomic mass is 32.2. The third-order valence-electron chi connectivity index (χ3n) is 4.26. The molecule has 1 N–H and O–H groups in total. The number of benzene rings is 1. The molecule has 7 heteroatoms. The van der Waals surface area contributed by atoms with Crippen LogP contribution in [0.1, 0.15) is 6.42 Å². The molecule has 1 atom stereocenters. The van der Waals surface area contributed by atoms with Crippen molar-refractivity contribution in [2.24, 2.45) is 0 Å². The zero-order valence-electron chi connectivity index (χ0n) is 11.8. The summed E-state index contributed by atoms with van der Waals surface area (Å²) in [6.07, 6.45) is 1.12. The van der Waals surface area contributed by atoms with Crippen molar-refractivity contribution in [1.29, 1.82) is 0 Å². The van der Waals surface area contributed by atoms with Crippen LogP contribution in [0.5, 0.6) is 0 Å². The Morgan fingerprint density at radius 1 is 1.19 bits per heavy atom. The second kappa shape index (κ2) is 6.00. The molecule has 116 valence electrons. The van der Waals surface area contributed by atoms with Gasteiger partial charge in [0.2, 0.25) is 10.0 Å². The summed E-state index contributed by atoms with van der Waals surface area (Å²) in [6, 6.07) is 5.74. The van der Waals surface area contributed by atoms with E-state index in [1.165, 1.54) is 22.5 Å². The van der Waals surface area contributed by atoms with Gasteiger partial charge in [0.25, 0.3) is 0 Å². The molecule has 0 aromatic heterocycles. The lowest BCUT2D eigenvalue weighted by Crippen LogP contribution is -2.52. The van der Waals surface area contributed by atoms with Gasteiger partial charge >= 0.3 is 0 Å². The molecule has 2 aliphatic heterocycles. The Morgan fingerprint density at radius 3 is 2.57 bits per heavy atom. The fourth-order valence-corrected chi connectivity index (χ4v) is 4.49. The highest BCUT2D eigenvalue weighted by Crippen LogP contribution is 2.20. The monoisotopic (exact) mass is 313 g/mol. The Labute approximate surface area is 124 Å². The first-order valence-electron chi connectivity index (χ1n) is 7.28. The van der Waals surface area contributed by atoms with Crippen LogP contribution in [0.4, 0.5) is 4.39 Å². The van der Waals surface area contributed by atoms with E-state index >= 15 is 0 Å². The van der Waals surface area contributed by atoms with Gasteiger partial charge < -0.3 is 5.32 Å². The maximum absolute atomic E-state index is 13.2. The molecule has 3 rings (SSSR count). The summed E-state index contributed by atoms with van der Waals surface area (Å²) in [5.74, 6) is -0.522. The van der Waals surface area contributed by atoms with Gasteiger partial charge in [-0.25, -0.2) is 12.8 Å². The Kier molecular flexibility index (Phi) is 4.26. The molecule has 2 aliphatic rings. The third kappa shape index (κ3) is 3.11. The van der Waals surface area contributed by atoms with Gasteiger partial charge in [-0.05, 0) is 31.2 Å². The molecule has 21 heavy (non-hydrogen) atoms. The van der Waals surface area contributed by atoms with E-state index in [-0.39, 0.29) is 4.90 Å². The van der Waals surface area contributed by atoms with Crippen molar-refractivity contribution in [3.05, 3.63) is 30.1 Å². The zero-order chi connectivity index (χ0) is 14.9. The van der Waals surface area contributed by atoms with Crippen molar-refractivity contribution >= 4 is 10.0 Å². The fourth-order valence-electron chi connectivity index (χ4n) is 3.04.